The average molecular weight is 417 g/mol. The fourth-order valence-corrected chi connectivity index (χ4v) is 3.02. The van der Waals surface area contributed by atoms with Crippen LogP contribution >= 0.6 is 11.6 Å². The van der Waals surface area contributed by atoms with Gasteiger partial charge in [0.1, 0.15) is 12.2 Å². The summed E-state index contributed by atoms with van der Waals surface area (Å²) in [5.74, 6) is -1.33. The van der Waals surface area contributed by atoms with Gasteiger partial charge in [0.15, 0.2) is 0 Å². The summed E-state index contributed by atoms with van der Waals surface area (Å²) < 4.78 is 6.61. The number of fused-ring (bicyclic) bond motifs is 1. The SMILES string of the molecule is COC(=O)c1cc(C)nc2c1c(=O)n(CC(=O)Nc1ccc(Cl)cc1)c(=O)n2C. The molecule has 0 aliphatic carbocycles. The van der Waals surface area contributed by atoms with E-state index in [-0.39, 0.29) is 16.6 Å². The van der Waals surface area contributed by atoms with E-state index in [1.165, 1.54) is 20.2 Å². The molecule has 0 bridgehead atoms. The van der Waals surface area contributed by atoms with Crippen molar-refractivity contribution in [2.24, 2.45) is 7.05 Å². The highest BCUT2D eigenvalue weighted by atomic mass is 35.5. The van der Waals surface area contributed by atoms with E-state index in [9.17, 15) is 19.2 Å². The number of aromatic nitrogens is 3. The third-order valence-electron chi connectivity index (χ3n) is 4.26. The second-order valence-electron chi connectivity index (χ2n) is 6.29. The molecule has 1 N–H and O–H groups in total. The van der Waals surface area contributed by atoms with Crippen molar-refractivity contribution >= 4 is 40.2 Å². The number of methoxy groups -OCH3 is 1. The number of aryl methyl sites for hydroxylation is 2. The minimum absolute atomic E-state index is 0.0255. The largest absolute Gasteiger partial charge is 0.465 e. The van der Waals surface area contributed by atoms with Crippen LogP contribution in [0.5, 0.6) is 0 Å². The molecule has 0 spiro atoms. The Kier molecular flexibility index (Phi) is 5.51. The Morgan fingerprint density at radius 2 is 1.86 bits per heavy atom. The van der Waals surface area contributed by atoms with Crippen molar-refractivity contribution in [2.45, 2.75) is 13.5 Å². The third kappa shape index (κ3) is 3.90. The number of rotatable bonds is 4. The first-order valence-electron chi connectivity index (χ1n) is 8.48. The van der Waals surface area contributed by atoms with Gasteiger partial charge in [0.05, 0.1) is 18.1 Å². The van der Waals surface area contributed by atoms with E-state index in [2.05, 4.69) is 10.3 Å². The molecule has 150 valence electrons. The molecule has 3 rings (SSSR count). The van der Waals surface area contributed by atoms with Crippen molar-refractivity contribution in [3.63, 3.8) is 0 Å². The molecule has 9 nitrogen and oxygen atoms in total. The first-order valence-corrected chi connectivity index (χ1v) is 8.85. The molecule has 10 heteroatoms. The molecule has 0 fully saturated rings. The van der Waals surface area contributed by atoms with Gasteiger partial charge in [-0.2, -0.15) is 0 Å². The van der Waals surface area contributed by atoms with Crippen LogP contribution in [-0.2, 0) is 23.1 Å². The molecule has 0 saturated carbocycles. The predicted octanol–water partition coefficient (Wildman–Crippen LogP) is 1.48. The summed E-state index contributed by atoms with van der Waals surface area (Å²) in [5.41, 5.74) is -0.634. The van der Waals surface area contributed by atoms with Gasteiger partial charge in [-0.3, -0.25) is 18.7 Å². The highest BCUT2D eigenvalue weighted by molar-refractivity contribution is 6.30. The Bertz CT molecular complexity index is 1240. The molecule has 29 heavy (non-hydrogen) atoms. The monoisotopic (exact) mass is 416 g/mol. The number of carbonyl (C=O) groups excluding carboxylic acids is 2. The maximum atomic E-state index is 13.0. The Morgan fingerprint density at radius 3 is 2.48 bits per heavy atom. The zero-order valence-corrected chi connectivity index (χ0v) is 16.6. The van der Waals surface area contributed by atoms with E-state index in [1.54, 1.807) is 31.2 Å². The fourth-order valence-electron chi connectivity index (χ4n) is 2.89. The standard InChI is InChI=1S/C19H17ClN4O5/c1-10-8-13(18(27)29-3)15-16(21-10)23(2)19(28)24(17(15)26)9-14(25)22-12-6-4-11(20)5-7-12/h4-8H,9H2,1-3H3,(H,22,25). The number of hydrogen-bond donors (Lipinski definition) is 1. The molecule has 0 radical (unpaired) electrons. The van der Waals surface area contributed by atoms with Crippen molar-refractivity contribution < 1.29 is 14.3 Å². The van der Waals surface area contributed by atoms with Crippen LogP contribution in [0.2, 0.25) is 5.02 Å². The molecule has 3 aromatic rings. The molecule has 0 unspecified atom stereocenters. The van der Waals surface area contributed by atoms with Gasteiger partial charge in [-0.25, -0.2) is 14.6 Å². The Labute approximate surface area is 169 Å². The molecular weight excluding hydrogens is 400 g/mol. The first kappa shape index (κ1) is 20.3. The second kappa shape index (κ2) is 7.88. The highest BCUT2D eigenvalue weighted by Gasteiger charge is 2.21. The molecule has 0 aliphatic heterocycles. The van der Waals surface area contributed by atoms with Gasteiger partial charge in [0, 0.05) is 23.5 Å². The van der Waals surface area contributed by atoms with Crippen LogP contribution in [0.15, 0.2) is 39.9 Å². The number of esters is 1. The first-order chi connectivity index (χ1) is 13.7. The van der Waals surface area contributed by atoms with Crippen molar-refractivity contribution in [1.82, 2.24) is 14.1 Å². The summed E-state index contributed by atoms with van der Waals surface area (Å²) >= 11 is 5.81. The fraction of sp³-hybridized carbons (Fsp3) is 0.211. The Hall–Kier alpha value is -3.46. The van der Waals surface area contributed by atoms with Gasteiger partial charge in [-0.1, -0.05) is 11.6 Å². The van der Waals surface area contributed by atoms with E-state index in [0.717, 1.165) is 9.13 Å². The van der Waals surface area contributed by atoms with E-state index >= 15 is 0 Å². The lowest BCUT2D eigenvalue weighted by Gasteiger charge is -2.13. The summed E-state index contributed by atoms with van der Waals surface area (Å²) in [6, 6.07) is 7.76. The number of carbonyl (C=O) groups is 2. The van der Waals surface area contributed by atoms with Crippen LogP contribution in [0.4, 0.5) is 5.69 Å². The molecule has 2 aromatic heterocycles. The van der Waals surface area contributed by atoms with E-state index < -0.39 is 29.7 Å². The Balaban J connectivity index is 2.11. The number of ether oxygens (including phenoxy) is 1. The minimum atomic E-state index is -0.803. The Morgan fingerprint density at radius 1 is 1.21 bits per heavy atom. The smallest absolute Gasteiger partial charge is 0.338 e. The van der Waals surface area contributed by atoms with E-state index in [0.29, 0.717) is 16.4 Å². The quantitative estimate of drug-likeness (QED) is 0.645. The second-order valence-corrected chi connectivity index (χ2v) is 6.73. The van der Waals surface area contributed by atoms with Crippen molar-refractivity contribution in [3.8, 4) is 0 Å². The normalized spacial score (nSPS) is 10.8. The number of nitrogens with one attached hydrogen (secondary N) is 1. The predicted molar refractivity (Wildman–Crippen MR) is 107 cm³/mol. The van der Waals surface area contributed by atoms with Crippen LogP contribution in [-0.4, -0.2) is 33.1 Å². The number of amides is 1. The van der Waals surface area contributed by atoms with E-state index in [4.69, 9.17) is 16.3 Å². The summed E-state index contributed by atoms with van der Waals surface area (Å²) in [6.45, 7) is 1.08. The number of halogens is 1. The number of nitrogens with zero attached hydrogens (tertiary/aromatic N) is 3. The molecule has 0 aliphatic rings. The summed E-state index contributed by atoms with van der Waals surface area (Å²) in [7, 11) is 2.59. The molecule has 2 heterocycles. The molecular formula is C19H17ClN4O5. The number of anilines is 1. The van der Waals surface area contributed by atoms with Crippen LogP contribution < -0.4 is 16.6 Å². The lowest BCUT2D eigenvalue weighted by atomic mass is 10.1. The highest BCUT2D eigenvalue weighted by Crippen LogP contribution is 2.15. The van der Waals surface area contributed by atoms with Crippen LogP contribution in [0.1, 0.15) is 16.1 Å². The van der Waals surface area contributed by atoms with Gasteiger partial charge < -0.3 is 10.1 Å². The summed E-state index contributed by atoms with van der Waals surface area (Å²) in [4.78, 5) is 54.4. The number of hydrogen-bond acceptors (Lipinski definition) is 6. The number of pyridine rings is 1. The van der Waals surface area contributed by atoms with Gasteiger partial charge in [0.25, 0.3) is 5.56 Å². The van der Waals surface area contributed by atoms with Crippen molar-refractivity contribution in [3.05, 3.63) is 67.4 Å². The molecule has 1 amide bonds. The van der Waals surface area contributed by atoms with Gasteiger partial charge in [0.2, 0.25) is 5.91 Å². The molecule has 0 saturated heterocycles. The zero-order valence-electron chi connectivity index (χ0n) is 15.9. The van der Waals surface area contributed by atoms with Crippen molar-refractivity contribution in [1.29, 1.82) is 0 Å². The van der Waals surface area contributed by atoms with Gasteiger partial charge >= 0.3 is 11.7 Å². The summed E-state index contributed by atoms with van der Waals surface area (Å²) in [6.07, 6.45) is 0. The van der Waals surface area contributed by atoms with Gasteiger partial charge in [-0.15, -0.1) is 0 Å². The topological polar surface area (TPSA) is 112 Å². The van der Waals surface area contributed by atoms with Crippen LogP contribution in [0.3, 0.4) is 0 Å². The maximum absolute atomic E-state index is 13.0. The number of benzene rings is 1. The van der Waals surface area contributed by atoms with Crippen LogP contribution in [0.25, 0.3) is 11.0 Å². The molecule has 0 atom stereocenters. The van der Waals surface area contributed by atoms with Crippen LogP contribution in [0, 0.1) is 6.92 Å². The average Bonchev–Trinajstić information content (AvgIpc) is 2.70. The summed E-state index contributed by atoms with van der Waals surface area (Å²) in [5, 5.41) is 2.99. The lowest BCUT2D eigenvalue weighted by molar-refractivity contribution is -0.116. The van der Waals surface area contributed by atoms with Crippen molar-refractivity contribution in [2.75, 3.05) is 12.4 Å². The zero-order chi connectivity index (χ0) is 21.3. The molecule has 1 aromatic carbocycles. The van der Waals surface area contributed by atoms with Gasteiger partial charge in [-0.05, 0) is 37.3 Å². The lowest BCUT2D eigenvalue weighted by Crippen LogP contribution is -2.42. The maximum Gasteiger partial charge on any atom is 0.338 e. The minimum Gasteiger partial charge on any atom is -0.465 e. The van der Waals surface area contributed by atoms with E-state index in [1.807, 2.05) is 0 Å². The third-order valence-corrected chi connectivity index (χ3v) is 4.51.